The number of carbonyl (C=O) groups excluding carboxylic acids is 3. The van der Waals surface area contributed by atoms with Gasteiger partial charge in [-0.05, 0) is 12.8 Å². The minimum atomic E-state index is -0.862. The number of rotatable bonds is 2. The van der Waals surface area contributed by atoms with Crippen molar-refractivity contribution >= 4 is 17.8 Å². The van der Waals surface area contributed by atoms with Crippen molar-refractivity contribution in [3.8, 4) is 0 Å². The van der Waals surface area contributed by atoms with E-state index in [0.717, 1.165) is 0 Å². The van der Waals surface area contributed by atoms with Crippen molar-refractivity contribution in [1.29, 1.82) is 0 Å². The Hall–Kier alpha value is -1.59. The highest BCUT2D eigenvalue weighted by Crippen LogP contribution is 2.25. The Kier molecular flexibility index (Phi) is 4.48. The van der Waals surface area contributed by atoms with E-state index in [2.05, 4.69) is 9.47 Å². The van der Waals surface area contributed by atoms with Crippen LogP contribution >= 0.6 is 0 Å². The molecule has 0 saturated carbocycles. The molecule has 0 N–H and O–H groups in total. The summed E-state index contributed by atoms with van der Waals surface area (Å²) in [6.07, 6.45) is 1.20. The van der Waals surface area contributed by atoms with Gasteiger partial charge in [0.2, 0.25) is 5.91 Å². The summed E-state index contributed by atoms with van der Waals surface area (Å²) in [6.45, 7) is 1.83. The number of ether oxygens (including phenoxy) is 2. The molecule has 0 unspecified atom stereocenters. The molecular weight excluding hydrogens is 226 g/mol. The second-order valence-electron chi connectivity index (χ2n) is 3.95. The number of likely N-dealkylation sites (tertiary alicyclic amines) is 1. The van der Waals surface area contributed by atoms with Crippen LogP contribution in [0.1, 0.15) is 19.8 Å². The SMILES string of the molecule is COC(=O)[C@@H]1[C@H](C(=O)OC)CCCN1C(C)=O. The summed E-state index contributed by atoms with van der Waals surface area (Å²) >= 11 is 0. The number of nitrogens with zero attached hydrogens (tertiary/aromatic N) is 1. The normalized spacial score (nSPS) is 24.1. The number of piperidine rings is 1. The minimum absolute atomic E-state index is 0.242. The van der Waals surface area contributed by atoms with Gasteiger partial charge < -0.3 is 14.4 Å². The molecule has 1 amide bonds. The molecule has 1 fully saturated rings. The molecule has 1 aliphatic rings. The van der Waals surface area contributed by atoms with Crippen molar-refractivity contribution in [3.63, 3.8) is 0 Å². The summed E-state index contributed by atoms with van der Waals surface area (Å²) in [5.74, 6) is -1.93. The summed E-state index contributed by atoms with van der Waals surface area (Å²) < 4.78 is 9.31. The average molecular weight is 243 g/mol. The molecule has 0 aromatic rings. The minimum Gasteiger partial charge on any atom is -0.469 e. The lowest BCUT2D eigenvalue weighted by atomic mass is 9.89. The third-order valence-corrected chi connectivity index (χ3v) is 2.98. The maximum Gasteiger partial charge on any atom is 0.329 e. The summed E-state index contributed by atoms with van der Waals surface area (Å²) in [5, 5.41) is 0. The number of carbonyl (C=O) groups is 3. The Bertz CT molecular complexity index is 328. The lowest BCUT2D eigenvalue weighted by Gasteiger charge is -2.37. The standard InChI is InChI=1S/C11H17NO5/c1-7(13)12-6-4-5-8(10(14)16-2)9(12)11(15)17-3/h8-9H,4-6H2,1-3H3/t8-,9+/m1/s1. The second kappa shape index (κ2) is 5.65. The highest BCUT2D eigenvalue weighted by Gasteiger charge is 2.43. The van der Waals surface area contributed by atoms with Crippen LogP contribution in [0.3, 0.4) is 0 Å². The smallest absolute Gasteiger partial charge is 0.329 e. The summed E-state index contributed by atoms with van der Waals surface area (Å²) in [5.41, 5.74) is 0. The molecular formula is C11H17NO5. The number of hydrogen-bond donors (Lipinski definition) is 0. The molecule has 6 nitrogen and oxygen atoms in total. The number of esters is 2. The Balaban J connectivity index is 2.98. The molecule has 1 rings (SSSR count). The maximum absolute atomic E-state index is 11.7. The van der Waals surface area contributed by atoms with Crippen LogP contribution in [-0.2, 0) is 23.9 Å². The number of hydrogen-bond acceptors (Lipinski definition) is 5. The van der Waals surface area contributed by atoms with E-state index in [1.165, 1.54) is 26.0 Å². The van der Waals surface area contributed by atoms with E-state index in [4.69, 9.17) is 0 Å². The second-order valence-corrected chi connectivity index (χ2v) is 3.95. The van der Waals surface area contributed by atoms with Crippen LogP contribution in [0.25, 0.3) is 0 Å². The largest absolute Gasteiger partial charge is 0.469 e. The van der Waals surface area contributed by atoms with Gasteiger partial charge in [0.05, 0.1) is 20.1 Å². The predicted octanol–water partition coefficient (Wildman–Crippen LogP) is -0.0405. The number of methoxy groups -OCH3 is 2. The first-order chi connectivity index (χ1) is 8.02. The van der Waals surface area contributed by atoms with E-state index in [0.29, 0.717) is 19.4 Å². The van der Waals surface area contributed by atoms with Crippen LogP contribution in [-0.4, -0.2) is 49.6 Å². The lowest BCUT2D eigenvalue weighted by molar-refractivity contribution is -0.165. The van der Waals surface area contributed by atoms with Crippen LogP contribution in [0.2, 0.25) is 0 Å². The van der Waals surface area contributed by atoms with Gasteiger partial charge in [0.1, 0.15) is 6.04 Å². The summed E-state index contributed by atoms with van der Waals surface area (Å²) in [7, 11) is 2.51. The zero-order valence-electron chi connectivity index (χ0n) is 10.3. The van der Waals surface area contributed by atoms with Crippen molar-refractivity contribution in [3.05, 3.63) is 0 Å². The molecule has 1 aliphatic heterocycles. The molecule has 0 aromatic heterocycles. The van der Waals surface area contributed by atoms with Crippen LogP contribution in [0, 0.1) is 5.92 Å². The first-order valence-corrected chi connectivity index (χ1v) is 5.45. The quantitative estimate of drug-likeness (QED) is 0.636. The van der Waals surface area contributed by atoms with Crippen molar-refractivity contribution in [2.24, 2.45) is 5.92 Å². The van der Waals surface area contributed by atoms with Crippen molar-refractivity contribution in [2.45, 2.75) is 25.8 Å². The molecule has 1 saturated heterocycles. The topological polar surface area (TPSA) is 72.9 Å². The van der Waals surface area contributed by atoms with Gasteiger partial charge in [0.25, 0.3) is 0 Å². The maximum atomic E-state index is 11.7. The van der Waals surface area contributed by atoms with Crippen molar-refractivity contribution in [2.75, 3.05) is 20.8 Å². The first kappa shape index (κ1) is 13.5. The summed E-state index contributed by atoms with van der Waals surface area (Å²) in [4.78, 5) is 36.1. The molecule has 0 aliphatic carbocycles. The highest BCUT2D eigenvalue weighted by atomic mass is 16.5. The number of amides is 1. The van der Waals surface area contributed by atoms with Crippen LogP contribution in [0.5, 0.6) is 0 Å². The van der Waals surface area contributed by atoms with Gasteiger partial charge in [-0.15, -0.1) is 0 Å². The van der Waals surface area contributed by atoms with E-state index in [-0.39, 0.29) is 5.91 Å². The predicted molar refractivity (Wildman–Crippen MR) is 57.9 cm³/mol. The molecule has 1 heterocycles. The first-order valence-electron chi connectivity index (χ1n) is 5.45. The Morgan fingerprint density at radius 3 is 2.18 bits per heavy atom. The fourth-order valence-electron chi connectivity index (χ4n) is 2.16. The van der Waals surface area contributed by atoms with Gasteiger partial charge in [-0.25, -0.2) is 4.79 Å². The average Bonchev–Trinajstić information content (AvgIpc) is 2.35. The van der Waals surface area contributed by atoms with Crippen molar-refractivity contribution in [1.82, 2.24) is 4.90 Å². The van der Waals surface area contributed by atoms with Gasteiger partial charge in [0, 0.05) is 13.5 Å². The molecule has 0 spiro atoms. The van der Waals surface area contributed by atoms with E-state index < -0.39 is 23.9 Å². The molecule has 17 heavy (non-hydrogen) atoms. The van der Waals surface area contributed by atoms with E-state index >= 15 is 0 Å². The molecule has 96 valence electrons. The van der Waals surface area contributed by atoms with Gasteiger partial charge in [-0.1, -0.05) is 0 Å². The molecule has 6 heteroatoms. The van der Waals surface area contributed by atoms with Gasteiger partial charge in [-0.3, -0.25) is 9.59 Å². The van der Waals surface area contributed by atoms with E-state index in [1.54, 1.807) is 0 Å². The lowest BCUT2D eigenvalue weighted by Crippen LogP contribution is -2.54. The van der Waals surface area contributed by atoms with Crippen LogP contribution in [0.4, 0.5) is 0 Å². The van der Waals surface area contributed by atoms with Gasteiger partial charge in [-0.2, -0.15) is 0 Å². The van der Waals surface area contributed by atoms with E-state index in [1.807, 2.05) is 0 Å². The van der Waals surface area contributed by atoms with Crippen molar-refractivity contribution < 1.29 is 23.9 Å². The Morgan fingerprint density at radius 2 is 1.71 bits per heavy atom. The van der Waals surface area contributed by atoms with Crippen LogP contribution < -0.4 is 0 Å². The van der Waals surface area contributed by atoms with Gasteiger partial charge >= 0.3 is 11.9 Å². The third kappa shape index (κ3) is 2.75. The zero-order chi connectivity index (χ0) is 13.0. The van der Waals surface area contributed by atoms with Gasteiger partial charge in [0.15, 0.2) is 0 Å². The molecule has 0 bridgehead atoms. The Morgan fingerprint density at radius 1 is 1.12 bits per heavy atom. The highest BCUT2D eigenvalue weighted by molar-refractivity contribution is 5.89. The molecule has 0 aromatic carbocycles. The van der Waals surface area contributed by atoms with E-state index in [9.17, 15) is 14.4 Å². The zero-order valence-corrected chi connectivity index (χ0v) is 10.3. The monoisotopic (exact) mass is 243 g/mol. The molecule has 2 atom stereocenters. The summed E-state index contributed by atoms with van der Waals surface area (Å²) in [6, 6.07) is -0.862. The molecule has 0 radical (unpaired) electrons. The fourth-order valence-corrected chi connectivity index (χ4v) is 2.16. The third-order valence-electron chi connectivity index (χ3n) is 2.98. The fraction of sp³-hybridized carbons (Fsp3) is 0.727. The Labute approximate surface area is 99.9 Å². The van der Waals surface area contributed by atoms with Crippen LogP contribution in [0.15, 0.2) is 0 Å².